The summed E-state index contributed by atoms with van der Waals surface area (Å²) in [6, 6.07) is 20.3. The number of benzene rings is 2. The minimum absolute atomic E-state index is 0.0491. The van der Waals surface area contributed by atoms with Crippen molar-refractivity contribution in [3.8, 4) is 0 Å². The van der Waals surface area contributed by atoms with Crippen LogP contribution in [0.1, 0.15) is 25.0 Å². The van der Waals surface area contributed by atoms with Gasteiger partial charge in [-0.1, -0.05) is 79.7 Å². The van der Waals surface area contributed by atoms with Crippen molar-refractivity contribution in [1.29, 1.82) is 0 Å². The van der Waals surface area contributed by atoms with Gasteiger partial charge in [0.25, 0.3) is 0 Å². The Bertz CT molecular complexity index is 908. The maximum Gasteiger partial charge on any atom is 0.309 e. The fourth-order valence-corrected chi connectivity index (χ4v) is 5.09. The van der Waals surface area contributed by atoms with Crippen molar-refractivity contribution in [3.05, 3.63) is 83.9 Å². The zero-order valence-electron chi connectivity index (χ0n) is 17.6. The van der Waals surface area contributed by atoms with Crippen LogP contribution in [0.2, 0.25) is 0 Å². The molecule has 1 aliphatic heterocycles. The maximum atomic E-state index is 13.5. The molecule has 1 heterocycles. The second-order valence-corrected chi connectivity index (χ2v) is 8.33. The molecule has 0 saturated carbocycles. The number of nitrogens with zero attached hydrogens (tertiary/aromatic N) is 1. The van der Waals surface area contributed by atoms with E-state index in [0.29, 0.717) is 13.2 Å². The third-order valence-corrected chi connectivity index (χ3v) is 6.47. The summed E-state index contributed by atoms with van der Waals surface area (Å²) in [5, 5.41) is 0. The minimum Gasteiger partial charge on any atom is -0.466 e. The van der Waals surface area contributed by atoms with Gasteiger partial charge in [-0.3, -0.25) is 9.59 Å². The lowest BCUT2D eigenvalue weighted by molar-refractivity contribution is -0.152. The zero-order chi connectivity index (χ0) is 21.1. The molecule has 0 N–H and O–H groups in total. The van der Waals surface area contributed by atoms with Crippen LogP contribution in [0.3, 0.4) is 0 Å². The zero-order valence-corrected chi connectivity index (χ0v) is 17.6. The number of ether oxygens (including phenoxy) is 1. The molecule has 5 atom stereocenters. The number of rotatable bonds is 6. The summed E-state index contributed by atoms with van der Waals surface area (Å²) in [6.45, 7) is 4.80. The summed E-state index contributed by atoms with van der Waals surface area (Å²) in [7, 11) is 0. The Hall–Kier alpha value is -2.88. The Labute approximate surface area is 178 Å². The fourth-order valence-electron chi connectivity index (χ4n) is 5.09. The topological polar surface area (TPSA) is 46.6 Å². The SMILES string of the molecule is CCOC(=O)[C@@H]1[C@@H]2[C@@H](C=C[C@@H]1C)C(=O)N(Cc1ccccc1)[C@H]2Cc1ccccc1. The molecule has 0 bridgehead atoms. The molecule has 0 aromatic heterocycles. The molecule has 1 fully saturated rings. The van der Waals surface area contributed by atoms with E-state index >= 15 is 0 Å². The minimum atomic E-state index is -0.307. The van der Waals surface area contributed by atoms with Crippen LogP contribution >= 0.6 is 0 Å². The van der Waals surface area contributed by atoms with Gasteiger partial charge in [0, 0.05) is 18.5 Å². The summed E-state index contributed by atoms with van der Waals surface area (Å²) in [6.07, 6.45) is 4.78. The van der Waals surface area contributed by atoms with Crippen LogP contribution in [0, 0.1) is 23.7 Å². The van der Waals surface area contributed by atoms with Crippen LogP contribution in [0.5, 0.6) is 0 Å². The molecule has 1 aliphatic carbocycles. The van der Waals surface area contributed by atoms with Gasteiger partial charge in [-0.15, -0.1) is 0 Å². The number of amides is 1. The molecule has 2 aromatic carbocycles. The van der Waals surface area contributed by atoms with Crippen LogP contribution in [-0.2, 0) is 27.3 Å². The van der Waals surface area contributed by atoms with Crippen molar-refractivity contribution in [2.45, 2.75) is 32.9 Å². The van der Waals surface area contributed by atoms with Crippen molar-refractivity contribution in [2.75, 3.05) is 6.61 Å². The first-order chi connectivity index (χ1) is 14.6. The number of fused-ring (bicyclic) bond motifs is 1. The third-order valence-electron chi connectivity index (χ3n) is 6.47. The molecule has 2 aliphatic rings. The monoisotopic (exact) mass is 403 g/mol. The highest BCUT2D eigenvalue weighted by molar-refractivity contribution is 5.86. The van der Waals surface area contributed by atoms with Crippen molar-refractivity contribution >= 4 is 11.9 Å². The number of esters is 1. The average molecular weight is 404 g/mol. The van der Waals surface area contributed by atoms with Gasteiger partial charge in [0.1, 0.15) is 0 Å². The van der Waals surface area contributed by atoms with E-state index < -0.39 is 0 Å². The van der Waals surface area contributed by atoms with Crippen LogP contribution in [0.15, 0.2) is 72.8 Å². The predicted molar refractivity (Wildman–Crippen MR) is 116 cm³/mol. The lowest BCUT2D eigenvalue weighted by Crippen LogP contribution is -2.43. The largest absolute Gasteiger partial charge is 0.466 e. The second-order valence-electron chi connectivity index (χ2n) is 8.33. The Morgan fingerprint density at radius 2 is 1.60 bits per heavy atom. The first-order valence-corrected chi connectivity index (χ1v) is 10.8. The van der Waals surface area contributed by atoms with Crippen molar-refractivity contribution in [3.63, 3.8) is 0 Å². The maximum absolute atomic E-state index is 13.5. The molecular weight excluding hydrogens is 374 g/mol. The van der Waals surface area contributed by atoms with E-state index in [1.54, 1.807) is 0 Å². The molecule has 4 heteroatoms. The van der Waals surface area contributed by atoms with Gasteiger partial charge in [-0.2, -0.15) is 0 Å². The Morgan fingerprint density at radius 1 is 0.967 bits per heavy atom. The molecule has 2 aromatic rings. The van der Waals surface area contributed by atoms with E-state index in [4.69, 9.17) is 4.74 Å². The summed E-state index contributed by atoms with van der Waals surface area (Å²) in [4.78, 5) is 28.4. The first-order valence-electron chi connectivity index (χ1n) is 10.8. The highest BCUT2D eigenvalue weighted by Crippen LogP contribution is 2.46. The molecule has 30 heavy (non-hydrogen) atoms. The van der Waals surface area contributed by atoms with Crippen LogP contribution < -0.4 is 0 Å². The van der Waals surface area contributed by atoms with Crippen LogP contribution in [0.4, 0.5) is 0 Å². The fraction of sp³-hybridized carbons (Fsp3) is 0.385. The molecule has 1 saturated heterocycles. The number of carbonyl (C=O) groups is 2. The van der Waals surface area contributed by atoms with E-state index in [-0.39, 0.29) is 41.6 Å². The summed E-state index contributed by atoms with van der Waals surface area (Å²) < 4.78 is 5.44. The number of carbonyl (C=O) groups excluding carboxylic acids is 2. The Balaban J connectivity index is 1.72. The number of hydrogen-bond acceptors (Lipinski definition) is 3. The Kier molecular flexibility index (Phi) is 6.03. The predicted octanol–water partition coefficient (Wildman–Crippen LogP) is 4.26. The quantitative estimate of drug-likeness (QED) is 0.535. The average Bonchev–Trinajstić information content (AvgIpc) is 3.01. The van der Waals surface area contributed by atoms with Gasteiger partial charge in [0.2, 0.25) is 5.91 Å². The second kappa shape index (κ2) is 8.86. The summed E-state index contributed by atoms with van der Waals surface area (Å²) >= 11 is 0. The third kappa shape index (κ3) is 3.91. The number of likely N-dealkylation sites (tertiary alicyclic amines) is 1. The van der Waals surface area contributed by atoms with Crippen LogP contribution in [0.25, 0.3) is 0 Å². The van der Waals surface area contributed by atoms with E-state index in [1.165, 1.54) is 5.56 Å². The van der Waals surface area contributed by atoms with E-state index in [1.807, 2.05) is 60.4 Å². The standard InChI is InChI=1S/C26H29NO3/c1-3-30-26(29)23-18(2)14-15-21-24(23)22(16-19-10-6-4-7-11-19)27(25(21)28)17-20-12-8-5-9-13-20/h4-15,18,21-24H,3,16-17H2,1-2H3/t18-,21+,22-,23-,24+/m0/s1. The lowest BCUT2D eigenvalue weighted by Gasteiger charge is -2.36. The van der Waals surface area contributed by atoms with Crippen molar-refractivity contribution in [1.82, 2.24) is 4.90 Å². The van der Waals surface area contributed by atoms with Crippen molar-refractivity contribution < 1.29 is 14.3 Å². The van der Waals surface area contributed by atoms with Gasteiger partial charge in [0.05, 0.1) is 18.4 Å². The molecule has 0 spiro atoms. The summed E-state index contributed by atoms with van der Waals surface area (Å²) in [5.74, 6) is -0.682. The molecule has 0 unspecified atom stereocenters. The number of allylic oxidation sites excluding steroid dienone is 1. The van der Waals surface area contributed by atoms with Crippen molar-refractivity contribution in [2.24, 2.45) is 23.7 Å². The lowest BCUT2D eigenvalue weighted by atomic mass is 9.69. The molecule has 156 valence electrons. The first kappa shape index (κ1) is 20.4. The van der Waals surface area contributed by atoms with Gasteiger partial charge in [-0.05, 0) is 30.4 Å². The van der Waals surface area contributed by atoms with Gasteiger partial charge >= 0.3 is 5.97 Å². The normalized spacial score (nSPS) is 27.7. The van der Waals surface area contributed by atoms with Gasteiger partial charge < -0.3 is 9.64 Å². The smallest absolute Gasteiger partial charge is 0.309 e. The molecule has 4 rings (SSSR count). The van der Waals surface area contributed by atoms with Gasteiger partial charge in [0.15, 0.2) is 0 Å². The molecule has 4 nitrogen and oxygen atoms in total. The molecular formula is C26H29NO3. The Morgan fingerprint density at radius 3 is 2.23 bits per heavy atom. The highest BCUT2D eigenvalue weighted by atomic mass is 16.5. The molecule has 0 radical (unpaired) electrons. The molecule has 1 amide bonds. The van der Waals surface area contributed by atoms with Crippen LogP contribution in [-0.4, -0.2) is 29.4 Å². The highest BCUT2D eigenvalue weighted by Gasteiger charge is 2.54. The summed E-state index contributed by atoms with van der Waals surface area (Å²) in [5.41, 5.74) is 2.28. The van der Waals surface area contributed by atoms with Gasteiger partial charge in [-0.25, -0.2) is 0 Å². The van der Waals surface area contributed by atoms with E-state index in [9.17, 15) is 9.59 Å². The van der Waals surface area contributed by atoms with E-state index in [2.05, 4.69) is 31.2 Å². The number of hydrogen-bond donors (Lipinski definition) is 0. The van der Waals surface area contributed by atoms with E-state index in [0.717, 1.165) is 12.0 Å².